The molecule has 3 rings (SSSR count). The third-order valence-electron chi connectivity index (χ3n) is 3.38. The van der Waals surface area contributed by atoms with E-state index in [0.717, 1.165) is 28.1 Å². The Morgan fingerprint density at radius 3 is 2.86 bits per heavy atom. The van der Waals surface area contributed by atoms with Gasteiger partial charge in [0.2, 0.25) is 0 Å². The number of hydrogen-bond acceptors (Lipinski definition) is 4. The molecule has 0 aliphatic carbocycles. The number of H-pyrrole nitrogens is 1. The van der Waals surface area contributed by atoms with Crippen LogP contribution in [0, 0.1) is 6.92 Å². The third-order valence-corrected chi connectivity index (χ3v) is 3.38. The molecule has 5 heteroatoms. The van der Waals surface area contributed by atoms with Gasteiger partial charge in [0, 0.05) is 23.9 Å². The highest BCUT2D eigenvalue weighted by Gasteiger charge is 2.04. The second-order valence-corrected chi connectivity index (χ2v) is 4.90. The molecule has 0 fully saturated rings. The largest absolute Gasteiger partial charge is 0.507 e. The predicted molar refractivity (Wildman–Crippen MR) is 82.8 cm³/mol. The monoisotopic (exact) mass is 283 g/mol. The fourth-order valence-corrected chi connectivity index (χ4v) is 2.26. The van der Waals surface area contributed by atoms with Crippen molar-refractivity contribution in [1.29, 1.82) is 0 Å². The van der Waals surface area contributed by atoms with Gasteiger partial charge in [-0.2, -0.15) is 0 Å². The molecule has 2 aromatic carbocycles. The Kier molecular flexibility index (Phi) is 3.39. The van der Waals surface area contributed by atoms with Crippen LogP contribution >= 0.6 is 0 Å². The molecule has 0 unspecified atom stereocenters. The smallest absolute Gasteiger partial charge is 0.124 e. The van der Waals surface area contributed by atoms with Crippen LogP contribution in [0.25, 0.3) is 11.0 Å². The van der Waals surface area contributed by atoms with Crippen LogP contribution in [-0.2, 0) is 6.54 Å². The van der Waals surface area contributed by atoms with Crippen molar-refractivity contribution in [2.45, 2.75) is 13.5 Å². The molecule has 5 nitrogen and oxygen atoms in total. The number of aromatic amines is 1. The average Bonchev–Trinajstić information content (AvgIpc) is 2.85. The van der Waals surface area contributed by atoms with E-state index in [1.807, 2.05) is 37.3 Å². The standard InChI is InChI=1S/C16H17N3O2/c1-10-18-14-6-4-12(7-15(14)19-10)17-9-11-3-5-13(21-2)8-16(11)20/h3-8,17,20H,9H2,1-2H3,(H,18,19). The number of phenols is 1. The first-order valence-corrected chi connectivity index (χ1v) is 6.72. The lowest BCUT2D eigenvalue weighted by molar-refractivity contribution is 0.406. The molecule has 0 saturated carbocycles. The Morgan fingerprint density at radius 2 is 2.10 bits per heavy atom. The number of aryl methyl sites for hydroxylation is 1. The number of nitrogens with zero attached hydrogens (tertiary/aromatic N) is 1. The van der Waals surface area contributed by atoms with Gasteiger partial charge in [-0.15, -0.1) is 0 Å². The maximum Gasteiger partial charge on any atom is 0.124 e. The van der Waals surface area contributed by atoms with Crippen molar-refractivity contribution < 1.29 is 9.84 Å². The molecule has 3 aromatic rings. The van der Waals surface area contributed by atoms with Crippen molar-refractivity contribution >= 4 is 16.7 Å². The number of aromatic nitrogens is 2. The first-order valence-electron chi connectivity index (χ1n) is 6.72. The van der Waals surface area contributed by atoms with E-state index in [2.05, 4.69) is 15.3 Å². The lowest BCUT2D eigenvalue weighted by atomic mass is 10.2. The lowest BCUT2D eigenvalue weighted by Gasteiger charge is -2.09. The minimum atomic E-state index is 0.223. The molecule has 0 amide bonds. The second kappa shape index (κ2) is 5.36. The number of anilines is 1. The number of hydrogen-bond donors (Lipinski definition) is 3. The number of phenolic OH excluding ortho intramolecular Hbond substituents is 1. The summed E-state index contributed by atoms with van der Waals surface area (Å²) in [5.41, 5.74) is 3.74. The molecular weight excluding hydrogens is 266 g/mol. The van der Waals surface area contributed by atoms with Crippen LogP contribution in [0.3, 0.4) is 0 Å². The van der Waals surface area contributed by atoms with Gasteiger partial charge < -0.3 is 20.1 Å². The Bertz CT molecular complexity index is 780. The Hall–Kier alpha value is -2.69. The first kappa shape index (κ1) is 13.3. The summed E-state index contributed by atoms with van der Waals surface area (Å²) in [6.45, 7) is 2.47. The highest BCUT2D eigenvalue weighted by atomic mass is 16.5. The van der Waals surface area contributed by atoms with Crippen LogP contribution in [-0.4, -0.2) is 22.2 Å². The average molecular weight is 283 g/mol. The van der Waals surface area contributed by atoms with E-state index in [9.17, 15) is 5.11 Å². The van der Waals surface area contributed by atoms with E-state index in [0.29, 0.717) is 12.3 Å². The number of methoxy groups -OCH3 is 1. The van der Waals surface area contributed by atoms with Crippen LogP contribution in [0.1, 0.15) is 11.4 Å². The van der Waals surface area contributed by atoms with Gasteiger partial charge in [-0.05, 0) is 37.3 Å². The van der Waals surface area contributed by atoms with Gasteiger partial charge in [-0.25, -0.2) is 4.98 Å². The van der Waals surface area contributed by atoms with Crippen molar-refractivity contribution in [2.75, 3.05) is 12.4 Å². The molecule has 3 N–H and O–H groups in total. The fourth-order valence-electron chi connectivity index (χ4n) is 2.26. The predicted octanol–water partition coefficient (Wildman–Crippen LogP) is 3.20. The van der Waals surface area contributed by atoms with E-state index in [4.69, 9.17) is 4.74 Å². The number of fused-ring (bicyclic) bond motifs is 1. The first-order chi connectivity index (χ1) is 10.2. The summed E-state index contributed by atoms with van der Waals surface area (Å²) in [7, 11) is 1.58. The van der Waals surface area contributed by atoms with Gasteiger partial charge in [0.05, 0.1) is 18.1 Å². The summed E-state index contributed by atoms with van der Waals surface area (Å²) < 4.78 is 5.07. The van der Waals surface area contributed by atoms with Gasteiger partial charge >= 0.3 is 0 Å². The highest BCUT2D eigenvalue weighted by Crippen LogP contribution is 2.24. The second-order valence-electron chi connectivity index (χ2n) is 4.90. The number of imidazole rings is 1. The normalized spacial score (nSPS) is 10.8. The van der Waals surface area contributed by atoms with E-state index < -0.39 is 0 Å². The van der Waals surface area contributed by atoms with Gasteiger partial charge in [0.25, 0.3) is 0 Å². The summed E-state index contributed by atoms with van der Waals surface area (Å²) >= 11 is 0. The number of rotatable bonds is 4. The maximum absolute atomic E-state index is 9.94. The molecule has 0 bridgehead atoms. The summed E-state index contributed by atoms with van der Waals surface area (Å²) in [4.78, 5) is 7.57. The summed E-state index contributed by atoms with van der Waals surface area (Å²) in [6, 6.07) is 11.2. The zero-order chi connectivity index (χ0) is 14.8. The quantitative estimate of drug-likeness (QED) is 0.687. The van der Waals surface area contributed by atoms with Gasteiger partial charge in [0.15, 0.2) is 0 Å². The van der Waals surface area contributed by atoms with Crippen molar-refractivity contribution in [3.8, 4) is 11.5 Å². The van der Waals surface area contributed by atoms with Crippen LogP contribution in [0.5, 0.6) is 11.5 Å². The summed E-state index contributed by atoms with van der Waals surface area (Å²) in [5.74, 6) is 1.76. The SMILES string of the molecule is COc1ccc(CNc2ccc3nc(C)[nH]c3c2)c(O)c1. The molecule has 0 aliphatic heterocycles. The number of benzene rings is 2. The molecule has 0 aliphatic rings. The van der Waals surface area contributed by atoms with Crippen molar-refractivity contribution in [3.63, 3.8) is 0 Å². The Labute approximate surface area is 122 Å². The lowest BCUT2D eigenvalue weighted by Crippen LogP contribution is -1.99. The maximum atomic E-state index is 9.94. The summed E-state index contributed by atoms with van der Waals surface area (Å²) in [6.07, 6.45) is 0. The summed E-state index contributed by atoms with van der Waals surface area (Å²) in [5, 5.41) is 13.2. The van der Waals surface area contributed by atoms with Crippen LogP contribution in [0.15, 0.2) is 36.4 Å². The third kappa shape index (κ3) is 2.76. The number of nitrogens with one attached hydrogen (secondary N) is 2. The van der Waals surface area contributed by atoms with Gasteiger partial charge in [-0.3, -0.25) is 0 Å². The Morgan fingerprint density at radius 1 is 1.24 bits per heavy atom. The molecule has 0 radical (unpaired) electrons. The zero-order valence-corrected chi connectivity index (χ0v) is 12.0. The minimum absolute atomic E-state index is 0.223. The van der Waals surface area contributed by atoms with E-state index >= 15 is 0 Å². The molecule has 1 aromatic heterocycles. The molecule has 21 heavy (non-hydrogen) atoms. The topological polar surface area (TPSA) is 70.2 Å². The van der Waals surface area contributed by atoms with Gasteiger partial charge in [0.1, 0.15) is 17.3 Å². The van der Waals surface area contributed by atoms with E-state index in [1.165, 1.54) is 0 Å². The molecular formula is C16H17N3O2. The number of ether oxygens (including phenoxy) is 1. The molecule has 1 heterocycles. The van der Waals surface area contributed by atoms with Crippen molar-refractivity contribution in [3.05, 3.63) is 47.8 Å². The van der Waals surface area contributed by atoms with Crippen LogP contribution < -0.4 is 10.1 Å². The van der Waals surface area contributed by atoms with Crippen molar-refractivity contribution in [2.24, 2.45) is 0 Å². The molecule has 0 spiro atoms. The minimum Gasteiger partial charge on any atom is -0.507 e. The van der Waals surface area contributed by atoms with Gasteiger partial charge in [-0.1, -0.05) is 0 Å². The zero-order valence-electron chi connectivity index (χ0n) is 12.0. The number of aromatic hydroxyl groups is 1. The highest BCUT2D eigenvalue weighted by molar-refractivity contribution is 5.79. The molecule has 108 valence electrons. The van der Waals surface area contributed by atoms with E-state index in [-0.39, 0.29) is 5.75 Å². The molecule has 0 saturated heterocycles. The fraction of sp³-hybridized carbons (Fsp3) is 0.188. The Balaban J connectivity index is 1.76. The van der Waals surface area contributed by atoms with Crippen LogP contribution in [0.2, 0.25) is 0 Å². The van der Waals surface area contributed by atoms with E-state index in [1.54, 1.807) is 13.2 Å². The van der Waals surface area contributed by atoms with Crippen LogP contribution in [0.4, 0.5) is 5.69 Å². The molecule has 0 atom stereocenters. The van der Waals surface area contributed by atoms with Crippen molar-refractivity contribution in [1.82, 2.24) is 9.97 Å².